The van der Waals surface area contributed by atoms with Gasteiger partial charge in [0.2, 0.25) is 0 Å². The summed E-state index contributed by atoms with van der Waals surface area (Å²) in [6.45, 7) is 2.76. The Hall–Kier alpha value is -2.99. The Morgan fingerprint density at radius 1 is 1.07 bits per heavy atom. The van der Waals surface area contributed by atoms with Crippen LogP contribution in [0.5, 0.6) is 0 Å². The highest BCUT2D eigenvalue weighted by atomic mass is 35.5. The van der Waals surface area contributed by atoms with Gasteiger partial charge in [0.25, 0.3) is 0 Å². The van der Waals surface area contributed by atoms with Gasteiger partial charge in [-0.15, -0.1) is 12.4 Å². The van der Waals surface area contributed by atoms with Crippen molar-refractivity contribution in [1.82, 2.24) is 10.3 Å². The largest absolute Gasteiger partial charge is 0.370 e. The minimum absolute atomic E-state index is 0. The molecule has 0 saturated carbocycles. The van der Waals surface area contributed by atoms with Crippen molar-refractivity contribution in [3.8, 4) is 11.3 Å². The van der Waals surface area contributed by atoms with Crippen molar-refractivity contribution in [3.05, 3.63) is 60.7 Å². The number of para-hydroxylation sites is 1. The Morgan fingerprint density at radius 2 is 1.74 bits per heavy atom. The highest BCUT2D eigenvalue weighted by Gasteiger charge is 2.00. The first-order chi connectivity index (χ1) is 12.6. The Bertz CT molecular complexity index is 824. The lowest BCUT2D eigenvalue weighted by molar-refractivity contribution is 0.804. The first kappa shape index (κ1) is 22.1. The molecule has 2 aromatic carbocycles. The normalized spacial score (nSPS) is 10.5. The maximum atomic E-state index is 6.81. The summed E-state index contributed by atoms with van der Waals surface area (Å²) in [5, 5.41) is 10.5. The summed E-state index contributed by atoms with van der Waals surface area (Å²) in [4.78, 5) is 7.33. The Kier molecular flexibility index (Phi) is 9.47. The number of nitrogens with zero attached hydrogens (tertiary/aromatic N) is 1. The fraction of sp³-hybridized carbons (Fsp3) is 0.200. The number of unbranched alkanes of at least 4 members (excludes halogenated alkanes) is 1. The van der Waals surface area contributed by atoms with Crippen molar-refractivity contribution in [1.29, 1.82) is 5.41 Å². The summed E-state index contributed by atoms with van der Waals surface area (Å²) >= 11 is 0. The third-order valence-corrected chi connectivity index (χ3v) is 3.67. The number of hydrogen-bond donors (Lipinski definition) is 5. The molecule has 0 bridgehead atoms. The molecule has 0 radical (unpaired) electrons. The van der Waals surface area contributed by atoms with Crippen molar-refractivity contribution in [2.75, 3.05) is 6.54 Å². The van der Waals surface area contributed by atoms with Gasteiger partial charge in [0, 0.05) is 23.1 Å². The van der Waals surface area contributed by atoms with Gasteiger partial charge in [-0.2, -0.15) is 0 Å². The molecule has 7 heteroatoms. The standard InChI is InChI=1S/C14H11N.C6H15N5.ClH/c1-2-6-11(7-3-1)14-10-12-8-4-5-9-13(12)15-14;1-2-3-4-10-6(9)11-5(7)8;/h1-10,15H;2-4H2,1H3,(H6,7,8,9,10,11);1H. The number of aliphatic imine (C=N–C) groups is 1. The molecular formula is C20H27ClN6. The Labute approximate surface area is 166 Å². The van der Waals surface area contributed by atoms with Gasteiger partial charge >= 0.3 is 0 Å². The predicted molar refractivity (Wildman–Crippen MR) is 117 cm³/mol. The van der Waals surface area contributed by atoms with E-state index in [1.165, 1.54) is 22.2 Å². The lowest BCUT2D eigenvalue weighted by Gasteiger charge is -2.00. The Balaban J connectivity index is 0.000000276. The van der Waals surface area contributed by atoms with Gasteiger partial charge in [0.05, 0.1) is 0 Å². The number of halogens is 1. The number of H-pyrrole nitrogens is 1. The minimum Gasteiger partial charge on any atom is -0.370 e. The summed E-state index contributed by atoms with van der Waals surface area (Å²) < 4.78 is 0. The predicted octanol–water partition coefficient (Wildman–Crippen LogP) is 3.84. The van der Waals surface area contributed by atoms with Gasteiger partial charge in [-0.3, -0.25) is 15.7 Å². The molecule has 7 N–H and O–H groups in total. The number of aromatic amines is 1. The van der Waals surface area contributed by atoms with E-state index in [0.717, 1.165) is 12.8 Å². The number of nitrogens with one attached hydrogen (secondary N) is 3. The van der Waals surface area contributed by atoms with E-state index in [1.54, 1.807) is 0 Å². The zero-order valence-electron chi connectivity index (χ0n) is 15.4. The summed E-state index contributed by atoms with van der Waals surface area (Å²) in [5.41, 5.74) is 13.9. The molecule has 1 heterocycles. The zero-order chi connectivity index (χ0) is 18.8. The van der Waals surface area contributed by atoms with Crippen LogP contribution in [0.25, 0.3) is 22.2 Å². The van der Waals surface area contributed by atoms with E-state index in [0.29, 0.717) is 6.54 Å². The molecule has 0 spiro atoms. The average molecular weight is 387 g/mol. The summed E-state index contributed by atoms with van der Waals surface area (Å²) in [5.74, 6) is 0.0358. The van der Waals surface area contributed by atoms with E-state index in [-0.39, 0.29) is 24.3 Å². The van der Waals surface area contributed by atoms with Gasteiger partial charge in [-0.05, 0) is 24.1 Å². The van der Waals surface area contributed by atoms with Crippen molar-refractivity contribution in [3.63, 3.8) is 0 Å². The molecule has 0 aliphatic heterocycles. The summed E-state index contributed by atoms with van der Waals surface area (Å²) in [6, 6.07) is 20.9. The van der Waals surface area contributed by atoms with Gasteiger partial charge in [0.15, 0.2) is 11.9 Å². The molecule has 1 aromatic heterocycles. The van der Waals surface area contributed by atoms with E-state index < -0.39 is 0 Å². The second-order valence-electron chi connectivity index (χ2n) is 5.80. The molecule has 0 unspecified atom stereocenters. The SMILES string of the molecule is CCCCN=C(N)NC(=N)N.Cl.c1ccc(-c2cc3ccccc3[nH]2)cc1. The fourth-order valence-corrected chi connectivity index (χ4v) is 2.38. The number of hydrogen-bond acceptors (Lipinski definition) is 2. The van der Waals surface area contributed by atoms with Gasteiger partial charge in [0.1, 0.15) is 0 Å². The van der Waals surface area contributed by atoms with E-state index >= 15 is 0 Å². The molecule has 3 rings (SSSR count). The molecule has 3 aromatic rings. The van der Waals surface area contributed by atoms with Crippen LogP contribution in [-0.4, -0.2) is 23.4 Å². The number of nitrogens with two attached hydrogens (primary N) is 2. The van der Waals surface area contributed by atoms with Crippen molar-refractivity contribution >= 4 is 35.2 Å². The highest BCUT2D eigenvalue weighted by molar-refractivity contribution is 5.95. The molecule has 6 nitrogen and oxygen atoms in total. The molecule has 0 fully saturated rings. The highest BCUT2D eigenvalue weighted by Crippen LogP contribution is 2.23. The van der Waals surface area contributed by atoms with Gasteiger partial charge in [-0.1, -0.05) is 61.9 Å². The lowest BCUT2D eigenvalue weighted by atomic mass is 10.1. The molecule has 0 amide bonds. The molecule has 27 heavy (non-hydrogen) atoms. The quantitative estimate of drug-likeness (QED) is 0.266. The maximum Gasteiger partial charge on any atom is 0.195 e. The molecule has 144 valence electrons. The molecule has 0 saturated heterocycles. The van der Waals surface area contributed by atoms with Crippen LogP contribution >= 0.6 is 12.4 Å². The molecule has 0 aliphatic rings. The topological polar surface area (TPSA) is 116 Å². The molecular weight excluding hydrogens is 360 g/mol. The van der Waals surface area contributed by atoms with Crippen LogP contribution < -0.4 is 16.8 Å². The third-order valence-electron chi connectivity index (χ3n) is 3.67. The van der Waals surface area contributed by atoms with Crippen LogP contribution in [0.15, 0.2) is 65.7 Å². The van der Waals surface area contributed by atoms with Crippen LogP contribution in [0.1, 0.15) is 19.8 Å². The van der Waals surface area contributed by atoms with Crippen molar-refractivity contribution in [2.45, 2.75) is 19.8 Å². The van der Waals surface area contributed by atoms with Crippen LogP contribution in [0.2, 0.25) is 0 Å². The summed E-state index contributed by atoms with van der Waals surface area (Å²) in [7, 11) is 0. The van der Waals surface area contributed by atoms with Crippen LogP contribution in [0, 0.1) is 5.41 Å². The fourth-order valence-electron chi connectivity index (χ4n) is 2.38. The monoisotopic (exact) mass is 386 g/mol. The van der Waals surface area contributed by atoms with Crippen molar-refractivity contribution < 1.29 is 0 Å². The smallest absolute Gasteiger partial charge is 0.195 e. The zero-order valence-corrected chi connectivity index (χ0v) is 16.2. The first-order valence-electron chi connectivity index (χ1n) is 8.64. The van der Waals surface area contributed by atoms with Gasteiger partial charge < -0.3 is 16.5 Å². The molecule has 0 atom stereocenters. The first-order valence-corrected chi connectivity index (χ1v) is 8.64. The minimum atomic E-state index is -0.178. The van der Waals surface area contributed by atoms with Gasteiger partial charge in [-0.25, -0.2) is 0 Å². The maximum absolute atomic E-state index is 6.81. The van der Waals surface area contributed by atoms with E-state index in [1.807, 2.05) is 12.1 Å². The second-order valence-corrected chi connectivity index (χ2v) is 5.80. The third kappa shape index (κ3) is 7.42. The average Bonchev–Trinajstić information content (AvgIpc) is 3.07. The van der Waals surface area contributed by atoms with Crippen LogP contribution in [0.4, 0.5) is 0 Å². The van der Waals surface area contributed by atoms with Crippen LogP contribution in [-0.2, 0) is 0 Å². The lowest BCUT2D eigenvalue weighted by Crippen LogP contribution is -2.40. The van der Waals surface area contributed by atoms with E-state index in [2.05, 4.69) is 70.7 Å². The number of benzene rings is 2. The number of aromatic nitrogens is 1. The van der Waals surface area contributed by atoms with Crippen LogP contribution in [0.3, 0.4) is 0 Å². The molecule has 0 aliphatic carbocycles. The van der Waals surface area contributed by atoms with E-state index in [4.69, 9.17) is 16.9 Å². The summed E-state index contributed by atoms with van der Waals surface area (Å²) in [6.07, 6.45) is 2.08. The second kappa shape index (κ2) is 11.6. The Morgan fingerprint density at radius 3 is 2.37 bits per heavy atom. The number of rotatable bonds is 4. The van der Waals surface area contributed by atoms with E-state index in [9.17, 15) is 0 Å². The van der Waals surface area contributed by atoms with Crippen molar-refractivity contribution in [2.24, 2.45) is 16.5 Å². The number of fused-ring (bicyclic) bond motifs is 1. The number of guanidine groups is 2.